The molecule has 2 unspecified atom stereocenters. The van der Waals surface area contributed by atoms with Crippen molar-refractivity contribution in [1.29, 1.82) is 0 Å². The Hall–Kier alpha value is 0.250. The van der Waals surface area contributed by atoms with Gasteiger partial charge in [-0.05, 0) is 0 Å². The summed E-state index contributed by atoms with van der Waals surface area (Å²) < 4.78 is 5.23. The maximum absolute atomic E-state index is 10.4. The molecule has 0 saturated carbocycles. The number of nitrogens with zero attached hydrogens (tertiary/aromatic N) is 1. The lowest BCUT2D eigenvalue weighted by Gasteiger charge is -2.31. The molecule has 0 aromatic carbocycles. The van der Waals surface area contributed by atoms with E-state index in [-0.39, 0.29) is 5.37 Å². The van der Waals surface area contributed by atoms with Crippen molar-refractivity contribution in [3.05, 3.63) is 0 Å². The fraction of sp³-hybridized carbons (Fsp3) is 0.875. The molecule has 80 valence electrons. The monoisotopic (exact) mass is 234 g/mol. The molecule has 4 nitrogen and oxygen atoms in total. The topological polar surface area (TPSA) is 53.9 Å². The minimum Gasteiger partial charge on any atom is -0.358 e. The zero-order chi connectivity index (χ0) is 10.0. The summed E-state index contributed by atoms with van der Waals surface area (Å²) in [7, 11) is 1.53. The molecule has 0 radical (unpaired) electrons. The van der Waals surface area contributed by atoms with E-state index < -0.39 is 5.79 Å². The second kappa shape index (κ2) is 4.40. The van der Waals surface area contributed by atoms with Crippen LogP contribution in [0.25, 0.3) is 0 Å². The first-order valence-electron chi connectivity index (χ1n) is 4.57. The van der Waals surface area contributed by atoms with Crippen LogP contribution in [0.15, 0.2) is 4.99 Å². The molecule has 2 atom stereocenters. The van der Waals surface area contributed by atoms with Crippen LogP contribution in [0.2, 0.25) is 0 Å². The molecule has 2 aliphatic heterocycles. The average molecular weight is 234 g/mol. The van der Waals surface area contributed by atoms with Gasteiger partial charge in [0.25, 0.3) is 0 Å². The molecule has 0 aromatic rings. The predicted octanol–water partition coefficient (Wildman–Crippen LogP) is 0.129. The number of methoxy groups -OCH3 is 1. The van der Waals surface area contributed by atoms with Crippen LogP contribution in [0.1, 0.15) is 0 Å². The van der Waals surface area contributed by atoms with E-state index in [9.17, 15) is 5.11 Å². The van der Waals surface area contributed by atoms with E-state index in [0.29, 0.717) is 5.04 Å². The van der Waals surface area contributed by atoms with Crippen LogP contribution >= 0.6 is 23.5 Å². The number of rotatable bonds is 3. The Kier molecular flexibility index (Phi) is 3.38. The van der Waals surface area contributed by atoms with Crippen LogP contribution in [-0.2, 0) is 4.74 Å². The van der Waals surface area contributed by atoms with E-state index in [0.717, 1.165) is 24.6 Å². The summed E-state index contributed by atoms with van der Waals surface area (Å²) in [5, 5.41) is 14.2. The Labute approximate surface area is 91.9 Å². The SMILES string of the molecule is COC(O)(C1=NCCS1)C1NCCS1. The number of thioether (sulfide) groups is 2. The summed E-state index contributed by atoms with van der Waals surface area (Å²) in [5.74, 6) is 0.717. The molecule has 2 heterocycles. The third-order valence-corrected chi connectivity index (χ3v) is 4.62. The van der Waals surface area contributed by atoms with Crippen LogP contribution < -0.4 is 5.32 Å². The standard InChI is InChI=1S/C8H14N2O2S2/c1-12-8(11,6-9-2-4-13-6)7-10-3-5-14-7/h6,9,11H,2-5H2,1H3. The lowest BCUT2D eigenvalue weighted by molar-refractivity contribution is -0.129. The Balaban J connectivity index is 2.14. The quantitative estimate of drug-likeness (QED) is 0.680. The maximum atomic E-state index is 10.4. The van der Waals surface area contributed by atoms with Gasteiger partial charge < -0.3 is 9.84 Å². The predicted molar refractivity (Wildman–Crippen MR) is 61.0 cm³/mol. The maximum Gasteiger partial charge on any atom is 0.241 e. The minimum absolute atomic E-state index is 0.0863. The van der Waals surface area contributed by atoms with Gasteiger partial charge in [0, 0.05) is 31.7 Å². The van der Waals surface area contributed by atoms with Crippen molar-refractivity contribution in [1.82, 2.24) is 5.32 Å². The molecule has 0 bridgehead atoms. The minimum atomic E-state index is -1.23. The van der Waals surface area contributed by atoms with Gasteiger partial charge in [-0.3, -0.25) is 10.3 Å². The molecule has 2 N–H and O–H groups in total. The molecule has 1 saturated heterocycles. The third kappa shape index (κ3) is 1.81. The van der Waals surface area contributed by atoms with Crippen molar-refractivity contribution in [3.63, 3.8) is 0 Å². The zero-order valence-corrected chi connectivity index (χ0v) is 9.66. The van der Waals surface area contributed by atoms with E-state index >= 15 is 0 Å². The summed E-state index contributed by atoms with van der Waals surface area (Å²) in [6.07, 6.45) is 0. The first-order chi connectivity index (χ1) is 6.77. The average Bonchev–Trinajstić information content (AvgIpc) is 2.88. The highest BCUT2D eigenvalue weighted by Crippen LogP contribution is 2.32. The van der Waals surface area contributed by atoms with Gasteiger partial charge in [-0.1, -0.05) is 0 Å². The normalized spacial score (nSPS) is 31.6. The number of aliphatic imine (C=N–C) groups is 1. The zero-order valence-electron chi connectivity index (χ0n) is 8.02. The summed E-state index contributed by atoms with van der Waals surface area (Å²) in [6, 6.07) is 0. The van der Waals surface area contributed by atoms with Gasteiger partial charge in [-0.2, -0.15) is 0 Å². The molecule has 1 fully saturated rings. The van der Waals surface area contributed by atoms with Gasteiger partial charge in [0.15, 0.2) is 0 Å². The van der Waals surface area contributed by atoms with Crippen LogP contribution in [-0.4, -0.2) is 53.0 Å². The van der Waals surface area contributed by atoms with E-state index in [1.165, 1.54) is 7.11 Å². The highest BCUT2D eigenvalue weighted by Gasteiger charge is 2.45. The molecule has 0 amide bonds. The Bertz CT molecular complexity index is 243. The van der Waals surface area contributed by atoms with Gasteiger partial charge in [0.05, 0.1) is 0 Å². The first kappa shape index (κ1) is 10.8. The summed E-state index contributed by atoms with van der Waals surface area (Å²) in [6.45, 7) is 1.70. The fourth-order valence-electron chi connectivity index (χ4n) is 1.54. The molecule has 6 heteroatoms. The van der Waals surface area contributed by atoms with Crippen LogP contribution in [0.3, 0.4) is 0 Å². The van der Waals surface area contributed by atoms with Crippen molar-refractivity contribution < 1.29 is 9.84 Å². The summed E-state index contributed by atoms with van der Waals surface area (Å²) >= 11 is 3.26. The highest BCUT2D eigenvalue weighted by atomic mass is 32.2. The molecular weight excluding hydrogens is 220 g/mol. The van der Waals surface area contributed by atoms with Crippen LogP contribution in [0, 0.1) is 0 Å². The smallest absolute Gasteiger partial charge is 0.241 e. The summed E-state index contributed by atoms with van der Waals surface area (Å²) in [5.41, 5.74) is 0. The molecular formula is C8H14N2O2S2. The molecule has 0 spiro atoms. The molecule has 2 aliphatic rings. The number of hydrogen-bond donors (Lipinski definition) is 2. The largest absolute Gasteiger partial charge is 0.358 e. The first-order valence-corrected chi connectivity index (χ1v) is 6.61. The van der Waals surface area contributed by atoms with Crippen molar-refractivity contribution >= 4 is 28.6 Å². The van der Waals surface area contributed by atoms with Gasteiger partial charge in [-0.25, -0.2) is 0 Å². The van der Waals surface area contributed by atoms with Crippen LogP contribution in [0.5, 0.6) is 0 Å². The third-order valence-electron chi connectivity index (χ3n) is 2.27. The molecule has 0 aliphatic carbocycles. The number of aliphatic hydroxyl groups is 1. The van der Waals surface area contributed by atoms with Gasteiger partial charge >= 0.3 is 0 Å². The van der Waals surface area contributed by atoms with Crippen molar-refractivity contribution in [2.24, 2.45) is 4.99 Å². The second-order valence-electron chi connectivity index (χ2n) is 3.14. The Morgan fingerprint density at radius 2 is 2.50 bits per heavy atom. The van der Waals surface area contributed by atoms with E-state index in [4.69, 9.17) is 4.74 Å². The van der Waals surface area contributed by atoms with E-state index in [1.54, 1.807) is 23.5 Å². The van der Waals surface area contributed by atoms with Crippen molar-refractivity contribution in [3.8, 4) is 0 Å². The van der Waals surface area contributed by atoms with Gasteiger partial charge in [-0.15, -0.1) is 23.5 Å². The highest BCUT2D eigenvalue weighted by molar-refractivity contribution is 8.14. The van der Waals surface area contributed by atoms with E-state index in [1.807, 2.05) is 0 Å². The Morgan fingerprint density at radius 3 is 3.00 bits per heavy atom. The number of nitrogens with one attached hydrogen (secondary N) is 1. The lowest BCUT2D eigenvalue weighted by Crippen LogP contribution is -2.52. The fourth-order valence-corrected chi connectivity index (χ4v) is 3.72. The second-order valence-corrected chi connectivity index (χ2v) is 5.44. The van der Waals surface area contributed by atoms with Crippen molar-refractivity contribution in [2.75, 3.05) is 31.7 Å². The lowest BCUT2D eigenvalue weighted by atomic mass is 10.3. The summed E-state index contributed by atoms with van der Waals surface area (Å²) in [4.78, 5) is 4.27. The number of hydrogen-bond acceptors (Lipinski definition) is 6. The molecule has 2 rings (SSSR count). The van der Waals surface area contributed by atoms with Gasteiger partial charge in [0.1, 0.15) is 10.4 Å². The van der Waals surface area contributed by atoms with Crippen LogP contribution in [0.4, 0.5) is 0 Å². The Morgan fingerprint density at radius 1 is 1.64 bits per heavy atom. The number of ether oxygens (including phenoxy) is 1. The van der Waals surface area contributed by atoms with E-state index in [2.05, 4.69) is 10.3 Å². The van der Waals surface area contributed by atoms with Crippen molar-refractivity contribution in [2.45, 2.75) is 11.2 Å². The molecule has 0 aromatic heterocycles. The van der Waals surface area contributed by atoms with Gasteiger partial charge in [0.2, 0.25) is 5.79 Å². The molecule has 14 heavy (non-hydrogen) atoms.